The number of ether oxygens (including phenoxy) is 2. The molecule has 3 heteroatoms. The molecule has 14 heavy (non-hydrogen) atoms. The Morgan fingerprint density at radius 1 is 1.14 bits per heavy atom. The van der Waals surface area contributed by atoms with Gasteiger partial charge in [-0.15, -0.1) is 0 Å². The molecule has 0 amide bonds. The smallest absolute Gasteiger partial charge is 0.427 e. The molecule has 0 spiro atoms. The van der Waals surface area contributed by atoms with Gasteiger partial charge in [0.25, 0.3) is 0 Å². The highest BCUT2D eigenvalue weighted by molar-refractivity contribution is 5.63. The average molecular weight is 192 g/mol. The lowest BCUT2D eigenvalue weighted by atomic mass is 9.78. The van der Waals surface area contributed by atoms with Crippen LogP contribution in [-0.2, 0) is 9.47 Å². The Kier molecular flexibility index (Phi) is 1.13. The van der Waals surface area contributed by atoms with Crippen LogP contribution in [0.15, 0.2) is 12.2 Å². The van der Waals surface area contributed by atoms with Gasteiger partial charge in [-0.05, 0) is 24.7 Å². The molecule has 6 atom stereocenters. The highest BCUT2D eigenvalue weighted by Crippen LogP contribution is 2.59. The van der Waals surface area contributed by atoms with Crippen LogP contribution >= 0.6 is 0 Å². The van der Waals surface area contributed by atoms with E-state index >= 15 is 0 Å². The highest BCUT2D eigenvalue weighted by atomic mass is 16.8. The lowest BCUT2D eigenvalue weighted by Gasteiger charge is -2.30. The minimum atomic E-state index is -0.446. The SMILES string of the molecule is O=C1O[C@@H]2[C@@H]3C[C@@H]([C@@H]4CC=C[C@@H]43)[C@@H]2O1. The summed E-state index contributed by atoms with van der Waals surface area (Å²) < 4.78 is 10.5. The Balaban J connectivity index is 1.73. The monoisotopic (exact) mass is 192 g/mol. The Morgan fingerprint density at radius 2 is 1.93 bits per heavy atom. The van der Waals surface area contributed by atoms with Gasteiger partial charge in [0.05, 0.1) is 0 Å². The summed E-state index contributed by atoms with van der Waals surface area (Å²) in [5, 5.41) is 0. The summed E-state index contributed by atoms with van der Waals surface area (Å²) in [5.74, 6) is 2.50. The van der Waals surface area contributed by atoms with Crippen LogP contribution in [0.25, 0.3) is 0 Å². The third-order valence-electron chi connectivity index (χ3n) is 4.48. The van der Waals surface area contributed by atoms with Crippen molar-refractivity contribution in [1.29, 1.82) is 0 Å². The molecule has 3 fully saturated rings. The molecule has 4 rings (SSSR count). The molecule has 0 unspecified atom stereocenters. The van der Waals surface area contributed by atoms with E-state index in [1.807, 2.05) is 0 Å². The molecule has 3 nitrogen and oxygen atoms in total. The van der Waals surface area contributed by atoms with Gasteiger partial charge in [0.2, 0.25) is 0 Å². The normalized spacial score (nSPS) is 57.0. The van der Waals surface area contributed by atoms with Crippen molar-refractivity contribution in [2.75, 3.05) is 0 Å². The molecule has 4 aliphatic rings. The van der Waals surface area contributed by atoms with Crippen molar-refractivity contribution >= 4 is 6.16 Å². The van der Waals surface area contributed by atoms with E-state index in [0.717, 1.165) is 5.92 Å². The van der Waals surface area contributed by atoms with Gasteiger partial charge in [-0.3, -0.25) is 0 Å². The van der Waals surface area contributed by atoms with Gasteiger partial charge in [-0.25, -0.2) is 4.79 Å². The van der Waals surface area contributed by atoms with Crippen molar-refractivity contribution < 1.29 is 14.3 Å². The topological polar surface area (TPSA) is 35.5 Å². The largest absolute Gasteiger partial charge is 0.509 e. The van der Waals surface area contributed by atoms with Crippen molar-refractivity contribution in [3.8, 4) is 0 Å². The van der Waals surface area contributed by atoms with E-state index in [1.54, 1.807) is 0 Å². The van der Waals surface area contributed by atoms with Gasteiger partial charge in [-0.2, -0.15) is 0 Å². The second-order valence-corrected chi connectivity index (χ2v) is 4.88. The highest BCUT2D eigenvalue weighted by Gasteiger charge is 2.63. The van der Waals surface area contributed by atoms with E-state index < -0.39 is 6.16 Å². The van der Waals surface area contributed by atoms with Gasteiger partial charge in [0.1, 0.15) is 12.2 Å². The van der Waals surface area contributed by atoms with Crippen LogP contribution in [0.4, 0.5) is 4.79 Å². The van der Waals surface area contributed by atoms with Crippen LogP contribution in [0, 0.1) is 23.7 Å². The minimum Gasteiger partial charge on any atom is -0.427 e. The van der Waals surface area contributed by atoms with Gasteiger partial charge in [-0.1, -0.05) is 12.2 Å². The van der Waals surface area contributed by atoms with Crippen LogP contribution in [0.5, 0.6) is 0 Å². The van der Waals surface area contributed by atoms with E-state index in [0.29, 0.717) is 17.8 Å². The molecule has 74 valence electrons. The molecule has 0 N–H and O–H groups in total. The van der Waals surface area contributed by atoms with E-state index in [4.69, 9.17) is 9.47 Å². The van der Waals surface area contributed by atoms with Gasteiger partial charge >= 0.3 is 6.16 Å². The molecule has 0 radical (unpaired) electrons. The number of fused-ring (bicyclic) bond motifs is 8. The Bertz CT molecular complexity index is 335. The second-order valence-electron chi connectivity index (χ2n) is 4.88. The number of allylic oxidation sites excluding steroid dienone is 2. The zero-order valence-corrected chi connectivity index (χ0v) is 7.76. The molecule has 1 heterocycles. The van der Waals surface area contributed by atoms with Crippen molar-refractivity contribution in [2.24, 2.45) is 23.7 Å². The van der Waals surface area contributed by atoms with Crippen molar-refractivity contribution in [3.05, 3.63) is 12.2 Å². The predicted octanol–water partition coefficient (Wildman–Crippen LogP) is 1.73. The molecule has 1 saturated heterocycles. The Hall–Kier alpha value is -0.990. The molecular formula is C11H12O3. The summed E-state index contributed by atoms with van der Waals surface area (Å²) in [6, 6.07) is 0. The van der Waals surface area contributed by atoms with Crippen molar-refractivity contribution in [1.82, 2.24) is 0 Å². The third-order valence-corrected chi connectivity index (χ3v) is 4.48. The molecule has 0 aromatic carbocycles. The summed E-state index contributed by atoms with van der Waals surface area (Å²) in [6.45, 7) is 0. The van der Waals surface area contributed by atoms with E-state index in [9.17, 15) is 4.79 Å². The molecule has 1 aliphatic heterocycles. The van der Waals surface area contributed by atoms with Crippen LogP contribution < -0.4 is 0 Å². The summed E-state index contributed by atoms with van der Waals surface area (Å²) in [5.41, 5.74) is 0. The minimum absolute atomic E-state index is 0.0662. The zero-order chi connectivity index (χ0) is 9.28. The van der Waals surface area contributed by atoms with E-state index in [2.05, 4.69) is 12.2 Å². The zero-order valence-electron chi connectivity index (χ0n) is 7.76. The van der Waals surface area contributed by atoms with E-state index in [-0.39, 0.29) is 12.2 Å². The standard InChI is InChI=1S/C11H12O3/c12-11-13-9-7-4-8(10(9)14-11)6-3-1-2-5(6)7/h1-2,5-10H,3-4H2/t5-,6+,7+,8-,9+,10-/m0/s1. The van der Waals surface area contributed by atoms with Crippen LogP contribution in [0.1, 0.15) is 12.8 Å². The first kappa shape index (κ1) is 7.32. The molecule has 2 saturated carbocycles. The van der Waals surface area contributed by atoms with Crippen LogP contribution in [0.3, 0.4) is 0 Å². The summed E-state index contributed by atoms with van der Waals surface area (Å²) in [7, 11) is 0. The van der Waals surface area contributed by atoms with Gasteiger partial charge < -0.3 is 9.47 Å². The summed E-state index contributed by atoms with van der Waals surface area (Å²) >= 11 is 0. The number of carbonyl (C=O) groups is 1. The first-order chi connectivity index (χ1) is 6.84. The second kappa shape index (κ2) is 2.15. The number of carbonyl (C=O) groups excluding carboxylic acids is 1. The first-order valence-electron chi connectivity index (χ1n) is 5.38. The molecule has 0 aromatic rings. The molecule has 2 bridgehead atoms. The third kappa shape index (κ3) is 0.656. The lowest BCUT2D eigenvalue weighted by molar-refractivity contribution is 0.0524. The lowest BCUT2D eigenvalue weighted by Crippen LogP contribution is -2.38. The Morgan fingerprint density at radius 3 is 2.79 bits per heavy atom. The summed E-state index contributed by atoms with van der Waals surface area (Å²) in [6.07, 6.45) is 6.66. The Labute approximate surface area is 82.1 Å². The van der Waals surface area contributed by atoms with Crippen LogP contribution in [-0.4, -0.2) is 18.4 Å². The van der Waals surface area contributed by atoms with Crippen LogP contribution in [0.2, 0.25) is 0 Å². The first-order valence-corrected chi connectivity index (χ1v) is 5.38. The van der Waals surface area contributed by atoms with E-state index in [1.165, 1.54) is 12.8 Å². The maximum Gasteiger partial charge on any atom is 0.509 e. The molecular weight excluding hydrogens is 180 g/mol. The number of rotatable bonds is 0. The van der Waals surface area contributed by atoms with Gasteiger partial charge in [0.15, 0.2) is 0 Å². The molecule has 3 aliphatic carbocycles. The maximum atomic E-state index is 11.0. The average Bonchev–Trinajstić information content (AvgIpc) is 2.73. The van der Waals surface area contributed by atoms with Crippen molar-refractivity contribution in [3.63, 3.8) is 0 Å². The number of hydrogen-bond acceptors (Lipinski definition) is 3. The maximum absolute atomic E-state index is 11.0. The quantitative estimate of drug-likeness (QED) is 0.433. The fraction of sp³-hybridized carbons (Fsp3) is 0.727. The van der Waals surface area contributed by atoms with Gasteiger partial charge in [0, 0.05) is 11.8 Å². The van der Waals surface area contributed by atoms with Crippen molar-refractivity contribution in [2.45, 2.75) is 25.0 Å². The number of hydrogen-bond donors (Lipinski definition) is 0. The fourth-order valence-corrected chi connectivity index (χ4v) is 4.04. The summed E-state index contributed by atoms with van der Waals surface area (Å²) in [4.78, 5) is 11.0. The molecule has 0 aromatic heterocycles. The predicted molar refractivity (Wildman–Crippen MR) is 47.5 cm³/mol. The fourth-order valence-electron chi connectivity index (χ4n) is 4.04.